The molecule has 0 spiro atoms. The third kappa shape index (κ3) is 3.66. The normalized spacial score (nSPS) is 15.0. The van der Waals surface area contributed by atoms with E-state index in [0.717, 1.165) is 5.69 Å². The minimum Gasteiger partial charge on any atom is -0.480 e. The summed E-state index contributed by atoms with van der Waals surface area (Å²) in [6.45, 7) is 5.95. The van der Waals surface area contributed by atoms with Gasteiger partial charge in [0, 0.05) is 12.2 Å². The first-order valence-electron chi connectivity index (χ1n) is 5.48. The Morgan fingerprint density at radius 2 is 2.25 bits per heavy atom. The molecule has 90 valence electrons. The highest BCUT2D eigenvalue weighted by molar-refractivity contribution is 5.73. The zero-order valence-electron chi connectivity index (χ0n) is 9.90. The number of carboxylic acids is 1. The highest BCUT2D eigenvalue weighted by atomic mass is 16.4. The Bertz CT molecular complexity index is 322. The first-order chi connectivity index (χ1) is 7.50. The Morgan fingerprint density at radius 3 is 2.69 bits per heavy atom. The monoisotopic (exact) mass is 225 g/mol. The van der Waals surface area contributed by atoms with E-state index < -0.39 is 12.0 Å². The van der Waals surface area contributed by atoms with Crippen LogP contribution in [0.2, 0.25) is 0 Å². The molecule has 2 unspecified atom stereocenters. The van der Waals surface area contributed by atoms with Crippen LogP contribution in [0.1, 0.15) is 38.9 Å². The van der Waals surface area contributed by atoms with E-state index in [1.165, 1.54) is 0 Å². The van der Waals surface area contributed by atoms with Crippen molar-refractivity contribution < 1.29 is 9.90 Å². The van der Waals surface area contributed by atoms with Crippen molar-refractivity contribution in [3.05, 3.63) is 18.0 Å². The third-order valence-electron chi connectivity index (χ3n) is 2.45. The number of nitrogens with one attached hydrogen (secondary N) is 2. The maximum atomic E-state index is 11.1. The summed E-state index contributed by atoms with van der Waals surface area (Å²) < 4.78 is 0. The molecular formula is C11H19N3O2. The number of aliphatic carboxylic acids is 1. The molecule has 0 amide bonds. The van der Waals surface area contributed by atoms with Gasteiger partial charge in [0.15, 0.2) is 0 Å². The largest absolute Gasteiger partial charge is 0.480 e. The topological polar surface area (TPSA) is 78.0 Å². The second-order valence-corrected chi connectivity index (χ2v) is 4.42. The highest BCUT2D eigenvalue weighted by Crippen LogP contribution is 2.12. The van der Waals surface area contributed by atoms with Gasteiger partial charge in [-0.15, -0.1) is 0 Å². The molecule has 5 heteroatoms. The Labute approximate surface area is 95.3 Å². The summed E-state index contributed by atoms with van der Waals surface area (Å²) in [7, 11) is 0. The van der Waals surface area contributed by atoms with Crippen LogP contribution < -0.4 is 5.32 Å². The molecule has 0 aromatic carbocycles. The van der Waals surface area contributed by atoms with Crippen LogP contribution in [0.3, 0.4) is 0 Å². The van der Waals surface area contributed by atoms with Crippen LogP contribution >= 0.6 is 0 Å². The fourth-order valence-corrected chi connectivity index (χ4v) is 1.61. The van der Waals surface area contributed by atoms with Crippen LogP contribution in [-0.4, -0.2) is 27.3 Å². The quantitative estimate of drug-likeness (QED) is 0.686. The fraction of sp³-hybridized carbons (Fsp3) is 0.636. The van der Waals surface area contributed by atoms with E-state index in [4.69, 9.17) is 5.11 Å². The number of H-pyrrole nitrogens is 1. The Morgan fingerprint density at radius 1 is 1.56 bits per heavy atom. The number of aromatic nitrogens is 2. The fourth-order valence-electron chi connectivity index (χ4n) is 1.61. The summed E-state index contributed by atoms with van der Waals surface area (Å²) >= 11 is 0. The van der Waals surface area contributed by atoms with E-state index in [2.05, 4.69) is 15.5 Å². The van der Waals surface area contributed by atoms with Crippen molar-refractivity contribution in [3.8, 4) is 0 Å². The zero-order chi connectivity index (χ0) is 12.1. The minimum atomic E-state index is -0.805. The molecular weight excluding hydrogens is 206 g/mol. The highest BCUT2D eigenvalue weighted by Gasteiger charge is 2.21. The minimum absolute atomic E-state index is 0.0395. The van der Waals surface area contributed by atoms with Gasteiger partial charge in [0.05, 0.1) is 5.69 Å². The van der Waals surface area contributed by atoms with Gasteiger partial charge in [0.25, 0.3) is 0 Å². The van der Waals surface area contributed by atoms with Gasteiger partial charge < -0.3 is 5.11 Å². The van der Waals surface area contributed by atoms with E-state index in [9.17, 15) is 4.79 Å². The van der Waals surface area contributed by atoms with Crippen molar-refractivity contribution in [1.82, 2.24) is 15.5 Å². The average molecular weight is 225 g/mol. The van der Waals surface area contributed by atoms with Crippen LogP contribution in [-0.2, 0) is 4.79 Å². The molecule has 0 aliphatic rings. The first kappa shape index (κ1) is 12.7. The van der Waals surface area contributed by atoms with Crippen molar-refractivity contribution >= 4 is 5.97 Å². The number of hydrogen-bond acceptors (Lipinski definition) is 3. The Kier molecular flexibility index (Phi) is 4.49. The van der Waals surface area contributed by atoms with E-state index in [1.807, 2.05) is 26.8 Å². The summed E-state index contributed by atoms with van der Waals surface area (Å²) in [5, 5.41) is 18.8. The summed E-state index contributed by atoms with van der Waals surface area (Å²) in [4.78, 5) is 11.1. The second-order valence-electron chi connectivity index (χ2n) is 4.42. The molecule has 0 radical (unpaired) electrons. The number of carbonyl (C=O) groups is 1. The molecule has 0 aliphatic heterocycles. The molecule has 2 atom stereocenters. The maximum absolute atomic E-state index is 11.1. The first-order valence-corrected chi connectivity index (χ1v) is 5.48. The van der Waals surface area contributed by atoms with Gasteiger partial charge in [0.1, 0.15) is 6.04 Å². The van der Waals surface area contributed by atoms with Crippen LogP contribution in [0.4, 0.5) is 0 Å². The zero-order valence-corrected chi connectivity index (χ0v) is 9.90. The van der Waals surface area contributed by atoms with E-state index in [0.29, 0.717) is 12.3 Å². The van der Waals surface area contributed by atoms with E-state index >= 15 is 0 Å². The predicted molar refractivity (Wildman–Crippen MR) is 61.0 cm³/mol. The molecule has 16 heavy (non-hydrogen) atoms. The van der Waals surface area contributed by atoms with Gasteiger partial charge in [0.2, 0.25) is 0 Å². The van der Waals surface area contributed by atoms with Crippen LogP contribution in [0, 0.1) is 5.92 Å². The molecule has 1 aromatic rings. The second kappa shape index (κ2) is 5.65. The van der Waals surface area contributed by atoms with Crippen LogP contribution in [0.15, 0.2) is 12.3 Å². The van der Waals surface area contributed by atoms with Crippen molar-refractivity contribution in [2.24, 2.45) is 5.92 Å². The standard InChI is InChI=1S/C11H19N3O2/c1-7(2)6-10(11(15)16)13-8(3)9-4-5-12-14-9/h4-5,7-8,10,13H,6H2,1-3H3,(H,12,14)(H,15,16). The van der Waals surface area contributed by atoms with Gasteiger partial charge >= 0.3 is 5.97 Å². The summed E-state index contributed by atoms with van der Waals surface area (Å²) in [6, 6.07) is 1.28. The number of hydrogen-bond donors (Lipinski definition) is 3. The van der Waals surface area contributed by atoms with Crippen molar-refractivity contribution in [2.45, 2.75) is 39.3 Å². The number of aromatic amines is 1. The molecule has 3 N–H and O–H groups in total. The molecule has 0 bridgehead atoms. The summed E-state index contributed by atoms with van der Waals surface area (Å²) in [6.07, 6.45) is 2.28. The Balaban J connectivity index is 2.58. The van der Waals surface area contributed by atoms with Crippen molar-refractivity contribution in [3.63, 3.8) is 0 Å². The summed E-state index contributed by atoms with van der Waals surface area (Å²) in [5.74, 6) is -0.456. The third-order valence-corrected chi connectivity index (χ3v) is 2.45. The van der Waals surface area contributed by atoms with E-state index in [1.54, 1.807) is 6.20 Å². The van der Waals surface area contributed by atoms with Gasteiger partial charge in [-0.25, -0.2) is 0 Å². The molecule has 1 heterocycles. The summed E-state index contributed by atoms with van der Waals surface area (Å²) in [5.41, 5.74) is 0.898. The predicted octanol–water partition coefficient (Wildman–Crippen LogP) is 1.56. The Hall–Kier alpha value is -1.36. The van der Waals surface area contributed by atoms with Crippen LogP contribution in [0.5, 0.6) is 0 Å². The number of rotatable bonds is 6. The SMILES string of the molecule is CC(C)CC(NC(C)c1ccn[nH]1)C(=O)O. The average Bonchev–Trinajstić information content (AvgIpc) is 2.68. The molecule has 1 aromatic heterocycles. The molecule has 0 aliphatic carbocycles. The molecule has 0 saturated heterocycles. The molecule has 0 fully saturated rings. The van der Waals surface area contributed by atoms with Gasteiger partial charge in [-0.05, 0) is 25.3 Å². The lowest BCUT2D eigenvalue weighted by Crippen LogP contribution is -2.39. The lowest BCUT2D eigenvalue weighted by Gasteiger charge is -2.20. The maximum Gasteiger partial charge on any atom is 0.320 e. The van der Waals surface area contributed by atoms with Crippen molar-refractivity contribution in [2.75, 3.05) is 0 Å². The molecule has 0 saturated carbocycles. The van der Waals surface area contributed by atoms with E-state index in [-0.39, 0.29) is 6.04 Å². The molecule has 1 rings (SSSR count). The van der Waals surface area contributed by atoms with Crippen molar-refractivity contribution in [1.29, 1.82) is 0 Å². The molecule has 5 nitrogen and oxygen atoms in total. The lowest BCUT2D eigenvalue weighted by molar-refractivity contribution is -0.140. The number of nitrogens with zero attached hydrogens (tertiary/aromatic N) is 1. The smallest absolute Gasteiger partial charge is 0.320 e. The van der Waals surface area contributed by atoms with Gasteiger partial charge in [-0.2, -0.15) is 5.10 Å². The van der Waals surface area contributed by atoms with Gasteiger partial charge in [-0.3, -0.25) is 15.2 Å². The van der Waals surface area contributed by atoms with Gasteiger partial charge in [-0.1, -0.05) is 13.8 Å². The number of carboxylic acid groups (broad SMARTS) is 1. The van der Waals surface area contributed by atoms with Crippen LogP contribution in [0.25, 0.3) is 0 Å². The lowest BCUT2D eigenvalue weighted by atomic mass is 10.0.